The number of hydrogen-bond donors (Lipinski definition) is 1. The standard InChI is InChI=1S/C15H26BrNO/c16-11-12-7-9-14(10-8-12)17-15(18)13-5-3-1-2-4-6-13/h12-14H,1-11H2,(H,17,18). The van der Waals surface area contributed by atoms with Crippen LogP contribution in [0.15, 0.2) is 0 Å². The van der Waals surface area contributed by atoms with Crippen molar-refractivity contribution in [1.29, 1.82) is 0 Å². The van der Waals surface area contributed by atoms with Crippen LogP contribution in [0.25, 0.3) is 0 Å². The van der Waals surface area contributed by atoms with E-state index >= 15 is 0 Å². The number of carbonyl (C=O) groups excluding carboxylic acids is 1. The number of rotatable bonds is 3. The van der Waals surface area contributed by atoms with E-state index in [4.69, 9.17) is 0 Å². The summed E-state index contributed by atoms with van der Waals surface area (Å²) in [6.45, 7) is 0. The first-order chi connectivity index (χ1) is 8.79. The van der Waals surface area contributed by atoms with Crippen LogP contribution < -0.4 is 5.32 Å². The molecular formula is C15H26BrNO. The molecule has 2 aliphatic carbocycles. The van der Waals surface area contributed by atoms with Gasteiger partial charge in [0.1, 0.15) is 0 Å². The summed E-state index contributed by atoms with van der Waals surface area (Å²) in [5.41, 5.74) is 0. The number of amides is 1. The Morgan fingerprint density at radius 1 is 0.944 bits per heavy atom. The lowest BCUT2D eigenvalue weighted by atomic mass is 9.87. The number of halogens is 1. The van der Waals surface area contributed by atoms with E-state index in [1.54, 1.807) is 0 Å². The van der Waals surface area contributed by atoms with E-state index in [0.717, 1.165) is 24.1 Å². The van der Waals surface area contributed by atoms with Crippen molar-refractivity contribution in [1.82, 2.24) is 5.32 Å². The van der Waals surface area contributed by atoms with Gasteiger partial charge in [0, 0.05) is 17.3 Å². The molecule has 0 aromatic heterocycles. The maximum atomic E-state index is 12.2. The fourth-order valence-electron chi connectivity index (χ4n) is 3.32. The Kier molecular flexibility index (Phi) is 6.00. The van der Waals surface area contributed by atoms with Crippen molar-refractivity contribution in [3.8, 4) is 0 Å². The summed E-state index contributed by atoms with van der Waals surface area (Å²) in [5, 5.41) is 4.43. The smallest absolute Gasteiger partial charge is 0.223 e. The van der Waals surface area contributed by atoms with Crippen molar-refractivity contribution >= 4 is 21.8 Å². The molecule has 0 spiro atoms. The van der Waals surface area contributed by atoms with E-state index in [0.29, 0.717) is 17.9 Å². The maximum absolute atomic E-state index is 12.2. The Morgan fingerprint density at radius 3 is 2.11 bits per heavy atom. The van der Waals surface area contributed by atoms with Gasteiger partial charge >= 0.3 is 0 Å². The van der Waals surface area contributed by atoms with Crippen LogP contribution in [0, 0.1) is 11.8 Å². The summed E-state index contributed by atoms with van der Waals surface area (Å²) in [6, 6.07) is 0.455. The van der Waals surface area contributed by atoms with Crippen molar-refractivity contribution < 1.29 is 4.79 Å². The van der Waals surface area contributed by atoms with Gasteiger partial charge in [0.25, 0.3) is 0 Å². The molecule has 2 saturated carbocycles. The Bertz CT molecular complexity index is 253. The fourth-order valence-corrected chi connectivity index (χ4v) is 3.97. The second kappa shape index (κ2) is 7.52. The number of nitrogens with one attached hydrogen (secondary N) is 1. The van der Waals surface area contributed by atoms with E-state index < -0.39 is 0 Å². The lowest BCUT2D eigenvalue weighted by Gasteiger charge is -2.29. The highest BCUT2D eigenvalue weighted by atomic mass is 79.9. The predicted molar refractivity (Wildman–Crippen MR) is 78.9 cm³/mol. The number of hydrogen-bond acceptors (Lipinski definition) is 1. The molecule has 0 saturated heterocycles. The highest BCUT2D eigenvalue weighted by molar-refractivity contribution is 9.09. The van der Waals surface area contributed by atoms with Crippen molar-refractivity contribution in [3.63, 3.8) is 0 Å². The third kappa shape index (κ3) is 4.25. The highest BCUT2D eigenvalue weighted by Crippen LogP contribution is 2.27. The SMILES string of the molecule is O=C(NC1CCC(CBr)CC1)C1CCCCCC1. The average molecular weight is 316 g/mol. The van der Waals surface area contributed by atoms with Gasteiger partial charge in [0.2, 0.25) is 5.91 Å². The van der Waals surface area contributed by atoms with Crippen molar-refractivity contribution in [2.45, 2.75) is 70.3 Å². The first-order valence-electron chi connectivity index (χ1n) is 7.66. The molecule has 1 N–H and O–H groups in total. The zero-order chi connectivity index (χ0) is 12.8. The van der Waals surface area contributed by atoms with Crippen molar-refractivity contribution in [2.24, 2.45) is 11.8 Å². The summed E-state index contributed by atoms with van der Waals surface area (Å²) in [7, 11) is 0. The van der Waals surface area contributed by atoms with Crippen LogP contribution in [0.3, 0.4) is 0 Å². The Hall–Kier alpha value is -0.0500. The van der Waals surface area contributed by atoms with Gasteiger partial charge in [0.05, 0.1) is 0 Å². The minimum Gasteiger partial charge on any atom is -0.353 e. The molecule has 1 amide bonds. The molecule has 0 aromatic rings. The third-order valence-electron chi connectivity index (χ3n) is 4.64. The fraction of sp³-hybridized carbons (Fsp3) is 0.933. The zero-order valence-electron chi connectivity index (χ0n) is 11.3. The lowest BCUT2D eigenvalue weighted by Crippen LogP contribution is -2.41. The minimum atomic E-state index is 0.307. The van der Waals surface area contributed by atoms with Gasteiger partial charge in [-0.3, -0.25) is 4.79 Å². The van der Waals surface area contributed by atoms with Gasteiger partial charge in [-0.1, -0.05) is 41.6 Å². The zero-order valence-corrected chi connectivity index (χ0v) is 12.9. The molecule has 104 valence electrons. The van der Waals surface area contributed by atoms with Gasteiger partial charge in [0.15, 0.2) is 0 Å². The predicted octanol–water partition coefficient (Wildman–Crippen LogP) is 4.03. The van der Waals surface area contributed by atoms with Gasteiger partial charge in [-0.05, 0) is 44.4 Å². The van der Waals surface area contributed by atoms with E-state index in [9.17, 15) is 4.79 Å². The monoisotopic (exact) mass is 315 g/mol. The highest BCUT2D eigenvalue weighted by Gasteiger charge is 2.25. The molecule has 0 heterocycles. The second-order valence-electron chi connectivity index (χ2n) is 6.07. The Labute approximate surface area is 119 Å². The van der Waals surface area contributed by atoms with Crippen LogP contribution in [0.5, 0.6) is 0 Å². The number of alkyl halides is 1. The van der Waals surface area contributed by atoms with Gasteiger partial charge in [-0.15, -0.1) is 0 Å². The maximum Gasteiger partial charge on any atom is 0.223 e. The first kappa shape index (κ1) is 14.4. The van der Waals surface area contributed by atoms with Crippen LogP contribution in [-0.2, 0) is 4.79 Å². The Balaban J connectivity index is 1.73. The van der Waals surface area contributed by atoms with Gasteiger partial charge in [-0.2, -0.15) is 0 Å². The minimum absolute atomic E-state index is 0.307. The van der Waals surface area contributed by atoms with Crippen molar-refractivity contribution in [2.75, 3.05) is 5.33 Å². The van der Waals surface area contributed by atoms with Crippen LogP contribution in [0.1, 0.15) is 64.2 Å². The summed E-state index contributed by atoms with van der Waals surface area (Å²) in [6.07, 6.45) is 12.2. The van der Waals surface area contributed by atoms with E-state index in [1.165, 1.54) is 51.4 Å². The largest absolute Gasteiger partial charge is 0.353 e. The lowest BCUT2D eigenvalue weighted by molar-refractivity contribution is -0.126. The van der Waals surface area contributed by atoms with E-state index in [1.807, 2.05) is 0 Å². The molecule has 2 fully saturated rings. The average Bonchev–Trinajstić information content (AvgIpc) is 2.68. The molecule has 0 aliphatic heterocycles. The molecule has 0 unspecified atom stereocenters. The van der Waals surface area contributed by atoms with Crippen LogP contribution in [0.2, 0.25) is 0 Å². The molecule has 2 aliphatic rings. The molecule has 0 radical (unpaired) electrons. The summed E-state index contributed by atoms with van der Waals surface area (Å²) in [4.78, 5) is 12.2. The van der Waals surface area contributed by atoms with Crippen molar-refractivity contribution in [3.05, 3.63) is 0 Å². The topological polar surface area (TPSA) is 29.1 Å². The molecular weight excluding hydrogens is 290 g/mol. The molecule has 0 atom stereocenters. The van der Waals surface area contributed by atoms with Gasteiger partial charge in [-0.25, -0.2) is 0 Å². The van der Waals surface area contributed by atoms with Crippen LogP contribution in [0.4, 0.5) is 0 Å². The normalized spacial score (nSPS) is 30.7. The first-order valence-corrected chi connectivity index (χ1v) is 8.78. The van der Waals surface area contributed by atoms with Gasteiger partial charge < -0.3 is 5.32 Å². The third-order valence-corrected chi connectivity index (χ3v) is 5.55. The van der Waals surface area contributed by atoms with E-state index in [2.05, 4.69) is 21.2 Å². The Morgan fingerprint density at radius 2 is 1.56 bits per heavy atom. The molecule has 2 nitrogen and oxygen atoms in total. The summed E-state index contributed by atoms with van der Waals surface area (Å²) in [5.74, 6) is 1.48. The molecule has 3 heteroatoms. The second-order valence-corrected chi connectivity index (χ2v) is 6.72. The molecule has 18 heavy (non-hydrogen) atoms. The van der Waals surface area contributed by atoms with Crippen LogP contribution in [-0.4, -0.2) is 17.3 Å². The van der Waals surface area contributed by atoms with Crippen LogP contribution >= 0.6 is 15.9 Å². The quantitative estimate of drug-likeness (QED) is 0.618. The summed E-state index contributed by atoms with van der Waals surface area (Å²) < 4.78 is 0. The molecule has 0 bridgehead atoms. The van der Waals surface area contributed by atoms with E-state index in [-0.39, 0.29) is 0 Å². The summed E-state index contributed by atoms with van der Waals surface area (Å²) >= 11 is 3.57. The number of carbonyl (C=O) groups is 1. The molecule has 2 rings (SSSR count). The molecule has 0 aromatic carbocycles.